The molecule has 0 aromatic heterocycles. The minimum absolute atomic E-state index is 0.0413. The van der Waals surface area contributed by atoms with E-state index < -0.39 is 6.09 Å². The number of hydrogen-bond acceptors (Lipinski definition) is 4. The summed E-state index contributed by atoms with van der Waals surface area (Å²) in [5, 5.41) is 16.1. The zero-order valence-electron chi connectivity index (χ0n) is 21.6. The van der Waals surface area contributed by atoms with Gasteiger partial charge in [0, 0.05) is 50.7 Å². The van der Waals surface area contributed by atoms with E-state index in [-0.39, 0.29) is 37.2 Å². The number of carboxylic acid groups (broad SMARTS) is 1. The Morgan fingerprint density at radius 1 is 1.20 bits per heavy atom. The third-order valence-corrected chi connectivity index (χ3v) is 7.01. The summed E-state index contributed by atoms with van der Waals surface area (Å²) >= 11 is 6.22. The van der Waals surface area contributed by atoms with Crippen LogP contribution in [0.5, 0.6) is 0 Å². The van der Waals surface area contributed by atoms with Gasteiger partial charge in [-0.15, -0.1) is 0 Å². The van der Waals surface area contributed by atoms with Crippen molar-refractivity contribution in [1.82, 2.24) is 20.4 Å². The number of ether oxygens (including phenoxy) is 1. The van der Waals surface area contributed by atoms with Crippen molar-refractivity contribution in [1.29, 1.82) is 0 Å². The van der Waals surface area contributed by atoms with E-state index in [0.29, 0.717) is 17.5 Å². The third kappa shape index (κ3) is 10.2. The van der Waals surface area contributed by atoms with E-state index in [0.717, 1.165) is 18.5 Å². The lowest BCUT2D eigenvalue weighted by molar-refractivity contribution is 0.00247. The summed E-state index contributed by atoms with van der Waals surface area (Å²) in [5.41, 5.74) is 0.905. The molecule has 0 heterocycles. The van der Waals surface area contributed by atoms with Crippen molar-refractivity contribution in [3.63, 3.8) is 0 Å². The summed E-state index contributed by atoms with van der Waals surface area (Å²) in [7, 11) is 5.23. The van der Waals surface area contributed by atoms with E-state index in [1.807, 2.05) is 32.2 Å². The lowest BCUT2D eigenvalue weighted by atomic mass is 9.85. The number of carbonyl (C=O) groups excluding carboxylic acids is 1. The lowest BCUT2D eigenvalue weighted by Crippen LogP contribution is -2.48. The quantitative estimate of drug-likeness (QED) is 0.353. The standard InChI is InChI=1S/C26H43ClN4O4/c1-19(24(21-11-8-12-22(27)16-21)35-14-13-30(3)26(33)34)18-31(4)25(32)29-23(17-28-2)15-20-9-6-5-7-10-20/h8,11-12,16,19-20,23-24,28H,5-7,9-10,13-15,17-18H2,1-4H3,(H,29,32)(H,33,34)/t19?,23-,24+/m0/s1. The summed E-state index contributed by atoms with van der Waals surface area (Å²) < 4.78 is 6.13. The van der Waals surface area contributed by atoms with Gasteiger partial charge in [-0.05, 0) is 37.1 Å². The smallest absolute Gasteiger partial charge is 0.407 e. The molecule has 3 atom stereocenters. The highest BCUT2D eigenvalue weighted by Gasteiger charge is 2.26. The van der Waals surface area contributed by atoms with E-state index in [1.54, 1.807) is 18.0 Å². The minimum Gasteiger partial charge on any atom is -0.465 e. The van der Waals surface area contributed by atoms with Gasteiger partial charge in [-0.2, -0.15) is 0 Å². The first-order chi connectivity index (χ1) is 16.7. The number of hydrogen-bond donors (Lipinski definition) is 3. The van der Waals surface area contributed by atoms with Crippen LogP contribution in [0.2, 0.25) is 5.02 Å². The van der Waals surface area contributed by atoms with Gasteiger partial charge < -0.3 is 30.3 Å². The van der Waals surface area contributed by atoms with Gasteiger partial charge in [0.2, 0.25) is 0 Å². The monoisotopic (exact) mass is 510 g/mol. The van der Waals surface area contributed by atoms with Crippen LogP contribution in [0.1, 0.15) is 57.1 Å². The number of likely N-dealkylation sites (N-methyl/N-ethyl adjacent to an activating group) is 2. The van der Waals surface area contributed by atoms with Crippen LogP contribution < -0.4 is 10.6 Å². The molecule has 0 spiro atoms. The summed E-state index contributed by atoms with van der Waals surface area (Å²) in [5.74, 6) is 0.636. The molecule has 1 saturated carbocycles. The molecule has 1 fully saturated rings. The second-order valence-electron chi connectivity index (χ2n) is 9.85. The summed E-state index contributed by atoms with van der Waals surface area (Å²) in [6, 6.07) is 7.48. The second-order valence-corrected chi connectivity index (χ2v) is 10.3. The maximum Gasteiger partial charge on any atom is 0.407 e. The molecule has 1 aliphatic carbocycles. The zero-order chi connectivity index (χ0) is 25.8. The molecule has 9 heteroatoms. The number of nitrogens with zero attached hydrogens (tertiary/aromatic N) is 2. The van der Waals surface area contributed by atoms with Crippen LogP contribution in [0.3, 0.4) is 0 Å². The van der Waals surface area contributed by atoms with Crippen molar-refractivity contribution < 1.29 is 19.4 Å². The molecule has 8 nitrogen and oxygen atoms in total. The van der Waals surface area contributed by atoms with Gasteiger partial charge in [-0.3, -0.25) is 0 Å². The van der Waals surface area contributed by atoms with E-state index in [4.69, 9.17) is 21.4 Å². The van der Waals surface area contributed by atoms with Crippen molar-refractivity contribution >= 4 is 23.7 Å². The molecule has 1 aliphatic rings. The average molecular weight is 511 g/mol. The number of urea groups is 1. The number of carbonyl (C=O) groups is 2. The molecule has 1 unspecified atom stereocenters. The molecule has 0 saturated heterocycles. The predicted octanol–water partition coefficient (Wildman–Crippen LogP) is 4.84. The van der Waals surface area contributed by atoms with Crippen LogP contribution in [0.25, 0.3) is 0 Å². The van der Waals surface area contributed by atoms with Crippen LogP contribution >= 0.6 is 11.6 Å². The minimum atomic E-state index is -0.998. The Morgan fingerprint density at radius 3 is 2.54 bits per heavy atom. The molecular formula is C26H43ClN4O4. The Balaban J connectivity index is 1.99. The van der Waals surface area contributed by atoms with Crippen molar-refractivity contribution in [3.05, 3.63) is 34.9 Å². The highest BCUT2D eigenvalue weighted by molar-refractivity contribution is 6.30. The van der Waals surface area contributed by atoms with Crippen LogP contribution in [-0.2, 0) is 4.74 Å². The highest BCUT2D eigenvalue weighted by atomic mass is 35.5. The van der Waals surface area contributed by atoms with Crippen molar-refractivity contribution in [2.75, 3.05) is 47.4 Å². The van der Waals surface area contributed by atoms with E-state index >= 15 is 0 Å². The molecule has 2 rings (SSSR count). The fraction of sp³-hybridized carbons (Fsp3) is 0.692. The fourth-order valence-electron chi connectivity index (χ4n) is 4.85. The number of amides is 3. The van der Waals surface area contributed by atoms with Gasteiger partial charge in [0.15, 0.2) is 0 Å². The summed E-state index contributed by atoms with van der Waals surface area (Å²) in [6.07, 6.45) is 6.06. The molecule has 1 aromatic carbocycles. The predicted molar refractivity (Wildman–Crippen MR) is 140 cm³/mol. The maximum atomic E-state index is 13.1. The first kappa shape index (κ1) is 29.2. The highest BCUT2D eigenvalue weighted by Crippen LogP contribution is 2.29. The molecule has 3 amide bonds. The summed E-state index contributed by atoms with van der Waals surface area (Å²) in [6.45, 7) is 3.75. The first-order valence-corrected chi connectivity index (χ1v) is 13.1. The Kier molecular flexibility index (Phi) is 12.7. The number of nitrogens with one attached hydrogen (secondary N) is 2. The molecule has 0 radical (unpaired) electrons. The van der Waals surface area contributed by atoms with Crippen LogP contribution in [0.4, 0.5) is 9.59 Å². The topological polar surface area (TPSA) is 94.1 Å². The number of rotatable bonds is 13. The maximum absolute atomic E-state index is 13.1. The second kappa shape index (κ2) is 15.2. The Morgan fingerprint density at radius 2 is 1.91 bits per heavy atom. The average Bonchev–Trinajstić information content (AvgIpc) is 2.82. The van der Waals surface area contributed by atoms with Gasteiger partial charge in [-0.25, -0.2) is 9.59 Å². The van der Waals surface area contributed by atoms with Gasteiger partial charge in [0.1, 0.15) is 0 Å². The Bertz CT molecular complexity index is 790. The SMILES string of the molecule is CNC[C@H](CC1CCCCC1)NC(=O)N(C)CC(C)[C@@H](OCCN(C)C(=O)O)c1cccc(Cl)c1. The van der Waals surface area contributed by atoms with Crippen molar-refractivity contribution in [2.24, 2.45) is 11.8 Å². The molecule has 35 heavy (non-hydrogen) atoms. The zero-order valence-corrected chi connectivity index (χ0v) is 22.4. The van der Waals surface area contributed by atoms with Gasteiger partial charge in [-0.1, -0.05) is 62.8 Å². The largest absolute Gasteiger partial charge is 0.465 e. The van der Waals surface area contributed by atoms with Crippen molar-refractivity contribution in [3.8, 4) is 0 Å². The molecule has 0 aliphatic heterocycles. The van der Waals surface area contributed by atoms with Crippen LogP contribution in [0, 0.1) is 11.8 Å². The normalized spacial score (nSPS) is 16.8. The first-order valence-electron chi connectivity index (χ1n) is 12.7. The summed E-state index contributed by atoms with van der Waals surface area (Å²) in [4.78, 5) is 27.0. The van der Waals surface area contributed by atoms with E-state index in [1.165, 1.54) is 44.1 Å². The third-order valence-electron chi connectivity index (χ3n) is 6.77. The Labute approximate surface area is 215 Å². The van der Waals surface area contributed by atoms with Gasteiger partial charge in [0.25, 0.3) is 0 Å². The molecule has 0 bridgehead atoms. The lowest BCUT2D eigenvalue weighted by Gasteiger charge is -2.31. The number of benzene rings is 1. The number of halogens is 1. The Hall–Kier alpha value is -2.03. The van der Waals surface area contributed by atoms with Crippen molar-refractivity contribution in [2.45, 2.75) is 57.6 Å². The van der Waals surface area contributed by atoms with E-state index in [2.05, 4.69) is 10.6 Å². The molecular weight excluding hydrogens is 468 g/mol. The fourth-order valence-corrected chi connectivity index (χ4v) is 5.04. The van der Waals surface area contributed by atoms with Gasteiger partial charge in [0.05, 0.1) is 12.7 Å². The van der Waals surface area contributed by atoms with Gasteiger partial charge >= 0.3 is 12.1 Å². The molecule has 198 valence electrons. The molecule has 3 N–H and O–H groups in total. The van der Waals surface area contributed by atoms with Crippen LogP contribution in [-0.4, -0.2) is 80.5 Å². The molecule has 1 aromatic rings. The van der Waals surface area contributed by atoms with Crippen LogP contribution in [0.15, 0.2) is 24.3 Å². The van der Waals surface area contributed by atoms with E-state index in [9.17, 15) is 9.59 Å².